The second-order valence-corrected chi connectivity index (χ2v) is 8.83. The summed E-state index contributed by atoms with van der Waals surface area (Å²) >= 11 is 0. The second kappa shape index (κ2) is 9.64. The normalized spacial score (nSPS) is 19.7. The zero-order chi connectivity index (χ0) is 21.8. The van der Waals surface area contributed by atoms with Gasteiger partial charge in [0.05, 0.1) is 11.8 Å². The van der Waals surface area contributed by atoms with Gasteiger partial charge in [-0.3, -0.25) is 9.69 Å². The Balaban J connectivity index is 1.55. The van der Waals surface area contributed by atoms with Gasteiger partial charge in [-0.1, -0.05) is 37.6 Å². The van der Waals surface area contributed by atoms with Gasteiger partial charge < -0.3 is 15.8 Å². The molecule has 2 aliphatic rings. The minimum atomic E-state index is -0.0556. The van der Waals surface area contributed by atoms with E-state index in [1.807, 2.05) is 6.92 Å². The second-order valence-electron chi connectivity index (χ2n) is 8.83. The summed E-state index contributed by atoms with van der Waals surface area (Å²) in [7, 11) is 0. The number of anilines is 2. The molecule has 2 unspecified atom stereocenters. The van der Waals surface area contributed by atoms with E-state index >= 15 is 0 Å². The molecule has 0 bridgehead atoms. The van der Waals surface area contributed by atoms with E-state index in [0.717, 1.165) is 31.5 Å². The van der Waals surface area contributed by atoms with Crippen LogP contribution in [0, 0.1) is 0 Å². The van der Waals surface area contributed by atoms with Crippen LogP contribution < -0.4 is 15.8 Å². The van der Waals surface area contributed by atoms with Gasteiger partial charge in [-0.25, -0.2) is 0 Å². The van der Waals surface area contributed by atoms with Crippen molar-refractivity contribution in [1.82, 2.24) is 14.9 Å². The lowest BCUT2D eigenvalue weighted by Gasteiger charge is -2.26. The quantitative estimate of drug-likeness (QED) is 0.669. The van der Waals surface area contributed by atoms with E-state index in [1.54, 1.807) is 0 Å². The molecule has 0 saturated carbocycles. The molecule has 0 spiro atoms. The molecule has 31 heavy (non-hydrogen) atoms. The van der Waals surface area contributed by atoms with Crippen LogP contribution in [0.1, 0.15) is 68.7 Å². The maximum atomic E-state index is 12.4. The van der Waals surface area contributed by atoms with Gasteiger partial charge in [0.25, 0.3) is 0 Å². The number of hydrogen-bond acceptors (Lipinski definition) is 6. The highest BCUT2D eigenvalue weighted by molar-refractivity contribution is 5.97. The number of amides is 1. The topological polar surface area (TPSA) is 93.4 Å². The third kappa shape index (κ3) is 5.34. The summed E-state index contributed by atoms with van der Waals surface area (Å²) in [6.07, 6.45) is 5.64. The molecule has 1 amide bonds. The van der Waals surface area contributed by atoms with Gasteiger partial charge >= 0.3 is 6.01 Å². The van der Waals surface area contributed by atoms with Gasteiger partial charge in [-0.05, 0) is 56.8 Å². The fourth-order valence-corrected chi connectivity index (χ4v) is 4.61. The Morgan fingerprint density at radius 1 is 1.26 bits per heavy atom. The molecule has 7 nitrogen and oxygen atoms in total. The van der Waals surface area contributed by atoms with Crippen LogP contribution in [0.2, 0.25) is 0 Å². The van der Waals surface area contributed by atoms with E-state index < -0.39 is 0 Å². The molecule has 0 radical (unpaired) electrons. The predicted octanol–water partition coefficient (Wildman–Crippen LogP) is 3.89. The standard InChI is InChI=1S/C24H33N5O2/c1-3-7-16(2)31-24-27-21-19(14-20(30)26-22(21)23(25)28-24)13-17-8-6-9-18(12-17)15-29-10-4-5-11-29/h6,8-9,12,16,19H,3-5,7,10-11,13-15H2,1-2H3,(H,26,30)(H2,25,27,28). The molecule has 1 aromatic heterocycles. The van der Waals surface area contributed by atoms with Gasteiger partial charge in [-0.15, -0.1) is 0 Å². The first kappa shape index (κ1) is 21.6. The first-order chi connectivity index (χ1) is 15.0. The third-order valence-electron chi connectivity index (χ3n) is 6.11. The molecule has 1 aromatic carbocycles. The Labute approximate surface area is 184 Å². The number of carbonyl (C=O) groups excluding carboxylic acids is 1. The maximum Gasteiger partial charge on any atom is 0.318 e. The first-order valence-electron chi connectivity index (χ1n) is 11.5. The summed E-state index contributed by atoms with van der Waals surface area (Å²) in [5, 5.41) is 2.86. The number of nitrogens with zero attached hydrogens (tertiary/aromatic N) is 3. The van der Waals surface area contributed by atoms with Crippen molar-refractivity contribution in [1.29, 1.82) is 0 Å². The summed E-state index contributed by atoms with van der Waals surface area (Å²) in [6.45, 7) is 7.46. The summed E-state index contributed by atoms with van der Waals surface area (Å²) in [5.74, 6) is 0.165. The van der Waals surface area contributed by atoms with Gasteiger partial charge in [0.15, 0.2) is 5.82 Å². The van der Waals surface area contributed by atoms with Crippen molar-refractivity contribution in [2.24, 2.45) is 0 Å². The number of nitrogen functional groups attached to an aromatic ring is 1. The molecule has 3 N–H and O–H groups in total. The van der Waals surface area contributed by atoms with E-state index in [4.69, 9.17) is 10.5 Å². The predicted molar refractivity (Wildman–Crippen MR) is 122 cm³/mol. The molecular formula is C24H33N5O2. The molecule has 7 heteroatoms. The Morgan fingerprint density at radius 3 is 2.81 bits per heavy atom. The zero-order valence-corrected chi connectivity index (χ0v) is 18.6. The molecule has 0 aliphatic carbocycles. The molecular weight excluding hydrogens is 390 g/mol. The summed E-state index contributed by atoms with van der Waals surface area (Å²) < 4.78 is 5.90. The van der Waals surface area contributed by atoms with Crippen LogP contribution in [0.4, 0.5) is 11.5 Å². The zero-order valence-electron chi connectivity index (χ0n) is 18.6. The highest BCUT2D eigenvalue weighted by Gasteiger charge is 2.30. The van der Waals surface area contributed by atoms with E-state index in [9.17, 15) is 4.79 Å². The number of likely N-dealkylation sites (tertiary alicyclic amines) is 1. The largest absolute Gasteiger partial charge is 0.460 e. The third-order valence-corrected chi connectivity index (χ3v) is 6.11. The monoisotopic (exact) mass is 423 g/mol. The van der Waals surface area contributed by atoms with Crippen LogP contribution in [0.5, 0.6) is 6.01 Å². The van der Waals surface area contributed by atoms with Crippen LogP contribution in [0.3, 0.4) is 0 Å². The summed E-state index contributed by atoms with van der Waals surface area (Å²) in [6, 6.07) is 8.98. The number of aromatic nitrogens is 2. The average molecular weight is 424 g/mol. The molecule has 3 heterocycles. The smallest absolute Gasteiger partial charge is 0.318 e. The minimum absolute atomic E-state index is 0.0151. The average Bonchev–Trinajstić information content (AvgIpc) is 3.22. The number of nitrogens with two attached hydrogens (primary N) is 1. The minimum Gasteiger partial charge on any atom is -0.460 e. The van der Waals surface area contributed by atoms with Crippen molar-refractivity contribution in [3.63, 3.8) is 0 Å². The van der Waals surface area contributed by atoms with E-state index in [0.29, 0.717) is 18.1 Å². The Morgan fingerprint density at radius 2 is 2.03 bits per heavy atom. The van der Waals surface area contributed by atoms with Gasteiger partial charge in [0.1, 0.15) is 5.69 Å². The van der Waals surface area contributed by atoms with Crippen LogP contribution in [0.15, 0.2) is 24.3 Å². The van der Waals surface area contributed by atoms with E-state index in [-0.39, 0.29) is 23.7 Å². The molecule has 166 valence electrons. The molecule has 2 atom stereocenters. The molecule has 1 fully saturated rings. The van der Waals surface area contributed by atoms with Crippen molar-refractivity contribution >= 4 is 17.4 Å². The number of nitrogens with one attached hydrogen (secondary N) is 1. The van der Waals surface area contributed by atoms with Crippen LogP contribution in [0.25, 0.3) is 0 Å². The number of rotatable bonds is 8. The highest BCUT2D eigenvalue weighted by atomic mass is 16.5. The van der Waals surface area contributed by atoms with Crippen LogP contribution >= 0.6 is 0 Å². The fourth-order valence-electron chi connectivity index (χ4n) is 4.61. The van der Waals surface area contributed by atoms with Crippen LogP contribution in [-0.4, -0.2) is 40.0 Å². The molecule has 4 rings (SSSR count). The number of carbonyl (C=O) groups is 1. The molecule has 2 aliphatic heterocycles. The lowest BCUT2D eigenvalue weighted by Crippen LogP contribution is -2.27. The molecule has 2 aromatic rings. The van der Waals surface area contributed by atoms with Crippen molar-refractivity contribution in [3.05, 3.63) is 41.1 Å². The van der Waals surface area contributed by atoms with Crippen LogP contribution in [-0.2, 0) is 17.8 Å². The fraction of sp³-hybridized carbons (Fsp3) is 0.542. The lowest BCUT2D eigenvalue weighted by molar-refractivity contribution is -0.116. The molecule has 1 saturated heterocycles. The van der Waals surface area contributed by atoms with Crippen molar-refractivity contribution < 1.29 is 9.53 Å². The van der Waals surface area contributed by atoms with Crippen molar-refractivity contribution in [2.45, 2.75) is 70.9 Å². The maximum absolute atomic E-state index is 12.4. The van der Waals surface area contributed by atoms with Gasteiger partial charge in [0, 0.05) is 18.9 Å². The highest BCUT2D eigenvalue weighted by Crippen LogP contribution is 2.37. The Bertz CT molecular complexity index is 926. The Kier molecular flexibility index (Phi) is 6.70. The number of benzene rings is 1. The van der Waals surface area contributed by atoms with Crippen molar-refractivity contribution in [3.8, 4) is 6.01 Å². The first-order valence-corrected chi connectivity index (χ1v) is 11.5. The lowest BCUT2D eigenvalue weighted by atomic mass is 9.88. The Hall–Kier alpha value is -2.67. The number of fused-ring (bicyclic) bond motifs is 1. The van der Waals surface area contributed by atoms with E-state index in [2.05, 4.69) is 51.4 Å². The summed E-state index contributed by atoms with van der Waals surface area (Å²) in [5.41, 5.74) is 10.0. The van der Waals surface area contributed by atoms with Gasteiger partial charge in [0.2, 0.25) is 5.91 Å². The van der Waals surface area contributed by atoms with Gasteiger partial charge in [-0.2, -0.15) is 9.97 Å². The number of hydrogen-bond donors (Lipinski definition) is 2. The van der Waals surface area contributed by atoms with E-state index in [1.165, 1.54) is 37.1 Å². The SMILES string of the molecule is CCCC(C)Oc1nc(N)c2c(n1)C(Cc1cccc(CN3CCCC3)c1)CC(=O)N2. The van der Waals surface area contributed by atoms with Crippen molar-refractivity contribution in [2.75, 3.05) is 24.1 Å². The summed E-state index contributed by atoms with van der Waals surface area (Å²) in [4.78, 5) is 23.8. The number of ether oxygens (including phenoxy) is 1.